The highest BCUT2D eigenvalue weighted by Gasteiger charge is 2.34. The normalized spacial score (nSPS) is 23.5. The maximum Gasteiger partial charge on any atom is 0.407 e. The van der Waals surface area contributed by atoms with Crippen LogP contribution in [0.2, 0.25) is 0 Å². The minimum atomic E-state index is -0.346. The minimum absolute atomic E-state index is 0.0129. The van der Waals surface area contributed by atoms with Crippen molar-refractivity contribution in [3.8, 4) is 0 Å². The van der Waals surface area contributed by atoms with E-state index in [0.29, 0.717) is 43.3 Å². The molecule has 1 aromatic rings. The first-order valence-electron chi connectivity index (χ1n) is 8.75. The van der Waals surface area contributed by atoms with Crippen molar-refractivity contribution in [2.75, 3.05) is 26.2 Å². The third-order valence-corrected chi connectivity index (χ3v) is 5.37. The first-order chi connectivity index (χ1) is 12.1. The predicted molar refractivity (Wildman–Crippen MR) is 89.4 cm³/mol. The van der Waals surface area contributed by atoms with Gasteiger partial charge in [0.05, 0.1) is 6.04 Å². The molecule has 3 aliphatic heterocycles. The highest BCUT2D eigenvalue weighted by molar-refractivity contribution is 5.99. The molecule has 3 amide bonds. The molecule has 0 spiro atoms. The lowest BCUT2D eigenvalue weighted by Crippen LogP contribution is -2.44. The zero-order valence-electron chi connectivity index (χ0n) is 13.9. The van der Waals surface area contributed by atoms with Crippen LogP contribution in [-0.2, 0) is 11.2 Å². The van der Waals surface area contributed by atoms with Gasteiger partial charge >= 0.3 is 6.09 Å². The summed E-state index contributed by atoms with van der Waals surface area (Å²) in [6, 6.07) is 5.40. The topological polar surface area (TPSA) is 87.7 Å². The lowest BCUT2D eigenvalue weighted by atomic mass is 9.89. The number of piperidine rings is 1. The van der Waals surface area contributed by atoms with Gasteiger partial charge in [0, 0.05) is 30.8 Å². The number of carbonyl (C=O) groups is 3. The number of alkyl carbamates (subject to hydrolysis) is 1. The molecular formula is C18H21N3O4. The Hall–Kier alpha value is -2.57. The summed E-state index contributed by atoms with van der Waals surface area (Å²) in [6.07, 6.45) is 2.12. The Morgan fingerprint density at radius 1 is 1.20 bits per heavy atom. The van der Waals surface area contributed by atoms with Crippen molar-refractivity contribution >= 4 is 17.9 Å². The van der Waals surface area contributed by atoms with Crippen LogP contribution in [0.1, 0.15) is 39.1 Å². The second-order valence-electron chi connectivity index (χ2n) is 6.86. The average Bonchev–Trinajstić information content (AvgIpc) is 3.07. The molecule has 3 heterocycles. The Morgan fingerprint density at radius 2 is 2.00 bits per heavy atom. The maximum absolute atomic E-state index is 12.8. The van der Waals surface area contributed by atoms with Crippen molar-refractivity contribution in [1.82, 2.24) is 15.5 Å². The lowest BCUT2D eigenvalue weighted by molar-refractivity contribution is 0.0671. The van der Waals surface area contributed by atoms with Gasteiger partial charge in [-0.05, 0) is 48.9 Å². The molecule has 0 bridgehead atoms. The molecule has 2 saturated heterocycles. The molecular weight excluding hydrogens is 322 g/mol. The molecule has 4 rings (SSSR count). The van der Waals surface area contributed by atoms with Gasteiger partial charge in [-0.3, -0.25) is 9.59 Å². The number of likely N-dealkylation sites (tertiary alicyclic amines) is 1. The summed E-state index contributed by atoms with van der Waals surface area (Å²) >= 11 is 0. The number of amides is 3. The van der Waals surface area contributed by atoms with Crippen LogP contribution in [0.25, 0.3) is 0 Å². The van der Waals surface area contributed by atoms with E-state index >= 15 is 0 Å². The molecule has 132 valence electrons. The summed E-state index contributed by atoms with van der Waals surface area (Å²) in [7, 11) is 0. The van der Waals surface area contributed by atoms with Crippen molar-refractivity contribution in [3.63, 3.8) is 0 Å². The summed E-state index contributed by atoms with van der Waals surface area (Å²) < 4.78 is 4.96. The largest absolute Gasteiger partial charge is 0.447 e. The lowest BCUT2D eigenvalue weighted by Gasteiger charge is -2.34. The van der Waals surface area contributed by atoms with Crippen molar-refractivity contribution in [1.29, 1.82) is 0 Å². The zero-order valence-corrected chi connectivity index (χ0v) is 13.9. The fourth-order valence-corrected chi connectivity index (χ4v) is 3.90. The van der Waals surface area contributed by atoms with Gasteiger partial charge in [0.2, 0.25) is 0 Å². The number of nitrogens with one attached hydrogen (secondary N) is 2. The highest BCUT2D eigenvalue weighted by atomic mass is 16.6. The van der Waals surface area contributed by atoms with Crippen LogP contribution in [0.3, 0.4) is 0 Å². The molecule has 1 atom stereocenters. The maximum atomic E-state index is 12.8. The van der Waals surface area contributed by atoms with Crippen LogP contribution < -0.4 is 10.6 Å². The highest BCUT2D eigenvalue weighted by Crippen LogP contribution is 2.25. The van der Waals surface area contributed by atoms with Gasteiger partial charge in [-0.25, -0.2) is 4.79 Å². The number of hydrogen-bond acceptors (Lipinski definition) is 4. The predicted octanol–water partition coefficient (Wildman–Crippen LogP) is 0.933. The summed E-state index contributed by atoms with van der Waals surface area (Å²) in [5, 5.41) is 5.65. The molecule has 25 heavy (non-hydrogen) atoms. The van der Waals surface area contributed by atoms with Crippen LogP contribution >= 0.6 is 0 Å². The van der Waals surface area contributed by atoms with Crippen LogP contribution in [-0.4, -0.2) is 55.1 Å². The summed E-state index contributed by atoms with van der Waals surface area (Å²) in [4.78, 5) is 37.6. The number of nitrogens with zero attached hydrogens (tertiary/aromatic N) is 1. The molecule has 7 nitrogen and oxygen atoms in total. The molecule has 0 aromatic heterocycles. The van der Waals surface area contributed by atoms with E-state index in [0.717, 1.165) is 24.8 Å². The molecule has 7 heteroatoms. The first-order valence-corrected chi connectivity index (χ1v) is 8.75. The molecule has 0 aliphatic carbocycles. The first kappa shape index (κ1) is 15.9. The molecule has 1 aromatic carbocycles. The van der Waals surface area contributed by atoms with E-state index in [1.807, 2.05) is 11.0 Å². The Balaban J connectivity index is 1.41. The van der Waals surface area contributed by atoms with Crippen molar-refractivity contribution in [2.45, 2.75) is 25.3 Å². The molecule has 1 unspecified atom stereocenters. The number of hydrogen-bond donors (Lipinski definition) is 2. The van der Waals surface area contributed by atoms with Gasteiger partial charge in [-0.1, -0.05) is 0 Å². The fourth-order valence-electron chi connectivity index (χ4n) is 3.90. The quantitative estimate of drug-likeness (QED) is 0.836. The number of benzene rings is 1. The number of carbonyl (C=O) groups excluding carboxylic acids is 3. The summed E-state index contributed by atoms with van der Waals surface area (Å²) in [5.41, 5.74) is 2.25. The van der Waals surface area contributed by atoms with Gasteiger partial charge in [0.25, 0.3) is 11.8 Å². The number of ether oxygens (including phenoxy) is 1. The van der Waals surface area contributed by atoms with E-state index in [1.54, 1.807) is 12.1 Å². The zero-order chi connectivity index (χ0) is 17.4. The molecule has 2 fully saturated rings. The van der Waals surface area contributed by atoms with Gasteiger partial charge in [-0.15, -0.1) is 0 Å². The van der Waals surface area contributed by atoms with E-state index < -0.39 is 0 Å². The molecule has 2 N–H and O–H groups in total. The van der Waals surface area contributed by atoms with Crippen LogP contribution in [0.4, 0.5) is 4.79 Å². The Kier molecular flexibility index (Phi) is 4.07. The van der Waals surface area contributed by atoms with E-state index in [9.17, 15) is 14.4 Å². The van der Waals surface area contributed by atoms with Crippen molar-refractivity contribution in [3.05, 3.63) is 34.9 Å². The third kappa shape index (κ3) is 3.06. The van der Waals surface area contributed by atoms with Gasteiger partial charge in [0.1, 0.15) is 6.61 Å². The van der Waals surface area contributed by atoms with E-state index in [1.165, 1.54) is 0 Å². The number of rotatable bonds is 2. The second kappa shape index (κ2) is 6.38. The van der Waals surface area contributed by atoms with Gasteiger partial charge in [0.15, 0.2) is 0 Å². The van der Waals surface area contributed by atoms with Crippen molar-refractivity contribution < 1.29 is 19.1 Å². The van der Waals surface area contributed by atoms with E-state index in [4.69, 9.17) is 4.74 Å². The van der Waals surface area contributed by atoms with Gasteiger partial charge < -0.3 is 20.3 Å². The second-order valence-corrected chi connectivity index (χ2v) is 6.86. The Labute approximate surface area is 145 Å². The molecule has 0 radical (unpaired) electrons. The van der Waals surface area contributed by atoms with Crippen molar-refractivity contribution in [2.24, 2.45) is 5.92 Å². The average molecular weight is 343 g/mol. The van der Waals surface area contributed by atoms with Crippen LogP contribution in [0.5, 0.6) is 0 Å². The Morgan fingerprint density at radius 3 is 2.72 bits per heavy atom. The summed E-state index contributed by atoms with van der Waals surface area (Å²) in [6.45, 7) is 2.38. The molecule has 0 saturated carbocycles. The van der Waals surface area contributed by atoms with Crippen LogP contribution in [0.15, 0.2) is 18.2 Å². The third-order valence-electron chi connectivity index (χ3n) is 5.37. The van der Waals surface area contributed by atoms with Crippen LogP contribution in [0, 0.1) is 5.92 Å². The van der Waals surface area contributed by atoms with Gasteiger partial charge in [-0.2, -0.15) is 0 Å². The van der Waals surface area contributed by atoms with E-state index in [2.05, 4.69) is 10.6 Å². The smallest absolute Gasteiger partial charge is 0.407 e. The minimum Gasteiger partial charge on any atom is -0.447 e. The number of cyclic esters (lactones) is 1. The monoisotopic (exact) mass is 343 g/mol. The number of fused-ring (bicyclic) bond motifs is 1. The Bertz CT molecular complexity index is 725. The fraction of sp³-hybridized carbons (Fsp3) is 0.500. The summed E-state index contributed by atoms with van der Waals surface area (Å²) in [5.74, 6) is 0.295. The standard InChI is InChI=1S/C18H21N3O4/c22-16-14-2-1-13(9-12(14)3-6-19-16)17(23)21-7-4-11(5-8-21)15-10-25-18(24)20-15/h1-2,9,11,15H,3-8,10H2,(H,19,22)(H,20,24). The van der Waals surface area contributed by atoms with E-state index in [-0.39, 0.29) is 23.9 Å². The molecule has 3 aliphatic rings. The SMILES string of the molecule is O=C1NC(C2CCN(C(=O)c3ccc4c(c3)CCNC4=O)CC2)CO1.